The van der Waals surface area contributed by atoms with E-state index in [0.29, 0.717) is 5.69 Å². The monoisotopic (exact) mass is 357 g/mol. The molecule has 0 radical (unpaired) electrons. The van der Waals surface area contributed by atoms with Crippen LogP contribution in [0.5, 0.6) is 0 Å². The van der Waals surface area contributed by atoms with Crippen LogP contribution in [-0.4, -0.2) is 47.3 Å². The molecular formula is C19H19NO6. The topological polar surface area (TPSA) is 93.1 Å². The van der Waals surface area contributed by atoms with Gasteiger partial charge in [-0.2, -0.15) is 0 Å². The molecule has 2 amide bonds. The molecule has 0 unspecified atom stereocenters. The predicted molar refractivity (Wildman–Crippen MR) is 90.3 cm³/mol. The van der Waals surface area contributed by atoms with Gasteiger partial charge < -0.3 is 14.6 Å². The maximum atomic E-state index is 13.1. The lowest BCUT2D eigenvalue weighted by molar-refractivity contribution is -0.131. The quantitative estimate of drug-likeness (QED) is 0.492. The van der Waals surface area contributed by atoms with Crippen LogP contribution in [-0.2, 0) is 19.1 Å². The van der Waals surface area contributed by atoms with Gasteiger partial charge in [-0.15, -0.1) is 0 Å². The zero-order valence-corrected chi connectivity index (χ0v) is 14.5. The third-order valence-electron chi connectivity index (χ3n) is 5.42. The largest absolute Gasteiger partial charge is 0.462 e. The molecule has 136 valence electrons. The molecule has 0 aromatic heterocycles. The molecule has 1 aromatic rings. The fraction of sp³-hybridized carbons (Fsp3) is 0.421. The molecule has 7 nitrogen and oxygen atoms in total. The van der Waals surface area contributed by atoms with E-state index >= 15 is 0 Å². The Labute approximate surface area is 150 Å². The Kier molecular flexibility index (Phi) is 3.58. The number of fused-ring (bicyclic) bond motifs is 5. The fourth-order valence-corrected chi connectivity index (χ4v) is 4.28. The molecular weight excluding hydrogens is 338 g/mol. The normalized spacial score (nSPS) is 34.5. The van der Waals surface area contributed by atoms with Crippen LogP contribution in [0.4, 0.5) is 5.69 Å². The Balaban J connectivity index is 1.73. The molecule has 3 aliphatic heterocycles. The van der Waals surface area contributed by atoms with Gasteiger partial charge in [0.25, 0.3) is 0 Å². The predicted octanol–water partition coefficient (Wildman–Crippen LogP) is 1.06. The number of imide groups is 1. The molecule has 1 aromatic carbocycles. The maximum absolute atomic E-state index is 13.1. The Morgan fingerprint density at radius 2 is 2.00 bits per heavy atom. The zero-order valence-electron chi connectivity index (χ0n) is 14.5. The molecule has 0 aliphatic carbocycles. The summed E-state index contributed by atoms with van der Waals surface area (Å²) >= 11 is 0. The van der Waals surface area contributed by atoms with Gasteiger partial charge in [-0.3, -0.25) is 9.59 Å². The molecule has 0 spiro atoms. The molecule has 2 bridgehead atoms. The van der Waals surface area contributed by atoms with Crippen molar-refractivity contribution in [3.8, 4) is 0 Å². The van der Waals surface area contributed by atoms with Gasteiger partial charge in [0, 0.05) is 0 Å². The lowest BCUT2D eigenvalue weighted by atomic mass is 9.73. The number of carbonyl (C=O) groups is 3. The first-order chi connectivity index (χ1) is 12.4. The van der Waals surface area contributed by atoms with Crippen LogP contribution in [0.1, 0.15) is 24.2 Å². The molecule has 4 rings (SSSR count). The molecule has 2 saturated heterocycles. The number of rotatable bonds is 4. The molecule has 0 saturated carbocycles. The average molecular weight is 357 g/mol. The second-order valence-corrected chi connectivity index (χ2v) is 6.97. The number of aliphatic hydroxyl groups is 1. The van der Waals surface area contributed by atoms with Crippen molar-refractivity contribution in [2.24, 2.45) is 11.8 Å². The van der Waals surface area contributed by atoms with Crippen LogP contribution in [0.25, 0.3) is 0 Å². The number of ether oxygens (including phenoxy) is 2. The van der Waals surface area contributed by atoms with Gasteiger partial charge in [-0.05, 0) is 32.0 Å². The van der Waals surface area contributed by atoms with E-state index in [-0.39, 0.29) is 24.7 Å². The molecule has 2 fully saturated rings. The molecule has 26 heavy (non-hydrogen) atoms. The molecule has 4 atom stereocenters. The van der Waals surface area contributed by atoms with Crippen molar-refractivity contribution in [2.45, 2.75) is 25.0 Å². The van der Waals surface area contributed by atoms with Crippen LogP contribution in [0.15, 0.2) is 36.4 Å². The summed E-state index contributed by atoms with van der Waals surface area (Å²) < 4.78 is 10.9. The highest BCUT2D eigenvalue weighted by atomic mass is 16.5. The van der Waals surface area contributed by atoms with E-state index in [9.17, 15) is 19.5 Å². The lowest BCUT2D eigenvalue weighted by Gasteiger charge is -2.27. The number of esters is 1. The zero-order chi connectivity index (χ0) is 18.7. The van der Waals surface area contributed by atoms with Crippen molar-refractivity contribution in [2.75, 3.05) is 18.1 Å². The minimum atomic E-state index is -1.17. The maximum Gasteiger partial charge on any atom is 0.338 e. The molecule has 7 heteroatoms. The van der Waals surface area contributed by atoms with Crippen molar-refractivity contribution in [1.82, 2.24) is 0 Å². The minimum absolute atomic E-state index is 0.231. The highest BCUT2D eigenvalue weighted by Crippen LogP contribution is 2.57. The summed E-state index contributed by atoms with van der Waals surface area (Å²) in [6.45, 7) is 3.30. The standard InChI is InChI=1S/C19H19NO6/c1-3-25-17(24)11-5-4-6-12(9-11)20-15(22)13-14(16(20)23)19(10-21)8-7-18(13,2)26-19/h4-9,13-14,21H,3,10H2,1-2H3/t13-,14+,18-,19+/m1/s1. The van der Waals surface area contributed by atoms with Crippen LogP contribution < -0.4 is 4.90 Å². The van der Waals surface area contributed by atoms with Crippen molar-refractivity contribution >= 4 is 23.5 Å². The van der Waals surface area contributed by atoms with E-state index in [0.717, 1.165) is 4.90 Å². The van der Waals surface area contributed by atoms with Crippen molar-refractivity contribution in [3.05, 3.63) is 42.0 Å². The summed E-state index contributed by atoms with van der Waals surface area (Å²) in [4.78, 5) is 39.2. The number of nitrogens with zero attached hydrogens (tertiary/aromatic N) is 1. The van der Waals surface area contributed by atoms with Gasteiger partial charge >= 0.3 is 5.97 Å². The number of hydrogen-bond acceptors (Lipinski definition) is 6. The summed E-state index contributed by atoms with van der Waals surface area (Å²) in [5, 5.41) is 9.82. The Hall–Kier alpha value is -2.51. The number of hydrogen-bond donors (Lipinski definition) is 1. The molecule has 3 aliphatic rings. The van der Waals surface area contributed by atoms with Crippen molar-refractivity contribution in [1.29, 1.82) is 0 Å². The van der Waals surface area contributed by atoms with Gasteiger partial charge in [0.1, 0.15) is 5.60 Å². The number of benzene rings is 1. The summed E-state index contributed by atoms with van der Waals surface area (Å²) in [6, 6.07) is 6.24. The van der Waals surface area contributed by atoms with Crippen LogP contribution >= 0.6 is 0 Å². The Bertz CT molecular complexity index is 848. The Morgan fingerprint density at radius 1 is 1.27 bits per heavy atom. The average Bonchev–Trinajstić information content (AvgIpc) is 3.21. The van der Waals surface area contributed by atoms with E-state index in [1.54, 1.807) is 44.2 Å². The Morgan fingerprint density at radius 3 is 2.69 bits per heavy atom. The summed E-state index contributed by atoms with van der Waals surface area (Å²) in [5.74, 6) is -2.80. The second kappa shape index (κ2) is 5.49. The molecule has 3 heterocycles. The first-order valence-electron chi connectivity index (χ1n) is 8.53. The van der Waals surface area contributed by atoms with Gasteiger partial charge in [0.15, 0.2) is 0 Å². The number of carbonyl (C=O) groups excluding carboxylic acids is 3. The minimum Gasteiger partial charge on any atom is -0.462 e. The van der Waals surface area contributed by atoms with E-state index in [2.05, 4.69) is 0 Å². The third-order valence-corrected chi connectivity index (χ3v) is 5.42. The van der Waals surface area contributed by atoms with Crippen LogP contribution in [0, 0.1) is 11.8 Å². The van der Waals surface area contributed by atoms with Crippen LogP contribution in [0.2, 0.25) is 0 Å². The van der Waals surface area contributed by atoms with Gasteiger partial charge in [-0.25, -0.2) is 9.69 Å². The lowest BCUT2D eigenvalue weighted by Crippen LogP contribution is -2.43. The van der Waals surface area contributed by atoms with Gasteiger partial charge in [0.2, 0.25) is 11.8 Å². The summed E-state index contributed by atoms with van der Waals surface area (Å²) in [6.07, 6.45) is 3.42. The fourth-order valence-electron chi connectivity index (χ4n) is 4.28. The summed E-state index contributed by atoms with van der Waals surface area (Å²) in [7, 11) is 0. The SMILES string of the molecule is CCOC(=O)c1cccc(N2C(=O)[C@@H]3[C@H](C2=O)[C@@]2(C)C=C[C@@]3(CO)O2)c1. The summed E-state index contributed by atoms with van der Waals surface area (Å²) in [5.41, 5.74) is -1.51. The second-order valence-electron chi connectivity index (χ2n) is 6.97. The van der Waals surface area contributed by atoms with Crippen molar-refractivity contribution in [3.63, 3.8) is 0 Å². The van der Waals surface area contributed by atoms with E-state index in [1.807, 2.05) is 0 Å². The van der Waals surface area contributed by atoms with E-state index in [4.69, 9.17) is 9.47 Å². The highest BCUT2D eigenvalue weighted by molar-refractivity contribution is 6.23. The van der Waals surface area contributed by atoms with Gasteiger partial charge in [-0.1, -0.05) is 18.2 Å². The van der Waals surface area contributed by atoms with Crippen LogP contribution in [0.3, 0.4) is 0 Å². The van der Waals surface area contributed by atoms with Gasteiger partial charge in [0.05, 0.1) is 41.9 Å². The number of aliphatic hydroxyl groups excluding tert-OH is 1. The van der Waals surface area contributed by atoms with E-state index < -0.39 is 34.9 Å². The number of amides is 2. The molecule has 1 N–H and O–H groups in total. The first-order valence-corrected chi connectivity index (χ1v) is 8.53. The van der Waals surface area contributed by atoms with Crippen molar-refractivity contribution < 1.29 is 29.0 Å². The first kappa shape index (κ1) is 16.9. The number of anilines is 1. The third kappa shape index (κ3) is 2.04. The highest BCUT2D eigenvalue weighted by Gasteiger charge is 2.72. The van der Waals surface area contributed by atoms with E-state index in [1.165, 1.54) is 6.07 Å². The smallest absolute Gasteiger partial charge is 0.338 e.